The van der Waals surface area contributed by atoms with Crippen LogP contribution in [0, 0.1) is 13.8 Å². The van der Waals surface area contributed by atoms with Gasteiger partial charge in [0.25, 0.3) is 0 Å². The van der Waals surface area contributed by atoms with Crippen molar-refractivity contribution in [1.29, 1.82) is 0 Å². The molecular formula is C23H25N3O3. The Labute approximate surface area is 170 Å². The van der Waals surface area contributed by atoms with Gasteiger partial charge in [0.15, 0.2) is 0 Å². The summed E-state index contributed by atoms with van der Waals surface area (Å²) in [6, 6.07) is 13.5. The molecule has 0 aliphatic rings. The molecule has 1 N–H and O–H groups in total. The summed E-state index contributed by atoms with van der Waals surface area (Å²) < 4.78 is 7.04. The first-order valence-corrected chi connectivity index (χ1v) is 9.59. The van der Waals surface area contributed by atoms with Crippen molar-refractivity contribution in [3.63, 3.8) is 0 Å². The lowest BCUT2D eigenvalue weighted by molar-refractivity contribution is -0.121. The summed E-state index contributed by atoms with van der Waals surface area (Å²) in [5.41, 5.74) is 4.99. The van der Waals surface area contributed by atoms with Crippen LogP contribution in [0.5, 0.6) is 0 Å². The minimum Gasteiger partial charge on any atom is -0.462 e. The van der Waals surface area contributed by atoms with Gasteiger partial charge in [0.2, 0.25) is 5.91 Å². The van der Waals surface area contributed by atoms with Gasteiger partial charge in [-0.25, -0.2) is 4.79 Å². The van der Waals surface area contributed by atoms with E-state index in [0.29, 0.717) is 24.4 Å². The van der Waals surface area contributed by atoms with Gasteiger partial charge < -0.3 is 14.6 Å². The highest BCUT2D eigenvalue weighted by atomic mass is 16.5. The highest BCUT2D eigenvalue weighted by molar-refractivity contribution is 5.93. The Kier molecular flexibility index (Phi) is 6.44. The molecule has 0 saturated carbocycles. The molecule has 6 nitrogen and oxygen atoms in total. The second kappa shape index (κ2) is 9.19. The number of nitrogens with zero attached hydrogens (tertiary/aromatic N) is 2. The average molecular weight is 391 g/mol. The summed E-state index contributed by atoms with van der Waals surface area (Å²) in [6.45, 7) is 6.43. The van der Waals surface area contributed by atoms with Gasteiger partial charge in [-0.2, -0.15) is 0 Å². The molecule has 2 aromatic heterocycles. The molecule has 0 fully saturated rings. The second-order valence-corrected chi connectivity index (χ2v) is 6.84. The van der Waals surface area contributed by atoms with Crippen molar-refractivity contribution in [2.75, 3.05) is 6.61 Å². The molecule has 1 amide bonds. The number of carbonyl (C=O) groups is 2. The highest BCUT2D eigenvalue weighted by Gasteiger charge is 2.20. The van der Waals surface area contributed by atoms with Crippen molar-refractivity contribution >= 4 is 11.9 Å². The van der Waals surface area contributed by atoms with E-state index in [4.69, 9.17) is 4.74 Å². The van der Waals surface area contributed by atoms with Crippen LogP contribution in [0.15, 0.2) is 54.9 Å². The fourth-order valence-electron chi connectivity index (χ4n) is 3.13. The average Bonchev–Trinajstić information content (AvgIpc) is 3.04. The number of esters is 1. The third-order valence-electron chi connectivity index (χ3n) is 4.72. The lowest BCUT2D eigenvalue weighted by Crippen LogP contribution is -2.28. The monoisotopic (exact) mass is 391 g/mol. The maximum absolute atomic E-state index is 12.6. The van der Waals surface area contributed by atoms with Crippen molar-refractivity contribution < 1.29 is 14.3 Å². The van der Waals surface area contributed by atoms with Gasteiger partial charge in [0.1, 0.15) is 6.54 Å². The highest BCUT2D eigenvalue weighted by Crippen LogP contribution is 2.27. The van der Waals surface area contributed by atoms with Crippen molar-refractivity contribution in [1.82, 2.24) is 14.9 Å². The van der Waals surface area contributed by atoms with E-state index in [1.807, 2.05) is 54.8 Å². The lowest BCUT2D eigenvalue weighted by Gasteiger charge is -2.13. The number of hydrogen-bond acceptors (Lipinski definition) is 4. The molecule has 0 atom stereocenters. The van der Waals surface area contributed by atoms with E-state index in [1.54, 1.807) is 25.4 Å². The predicted octanol–water partition coefficient (Wildman–Crippen LogP) is 3.66. The number of ether oxygens (including phenoxy) is 1. The minimum absolute atomic E-state index is 0.106. The first-order valence-electron chi connectivity index (χ1n) is 9.59. The number of hydrogen-bond donors (Lipinski definition) is 1. The van der Waals surface area contributed by atoms with Crippen LogP contribution in [0.3, 0.4) is 0 Å². The Balaban J connectivity index is 1.87. The smallest absolute Gasteiger partial charge is 0.339 e. The molecule has 0 aliphatic carbocycles. The summed E-state index contributed by atoms with van der Waals surface area (Å²) >= 11 is 0. The standard InChI is InChI=1S/C23H25N3O3/c1-4-29-23(28)20-12-21(19-9-7-16(2)8-10-19)26(17(20)3)15-22(27)25-14-18-6-5-11-24-13-18/h5-13H,4,14-15H2,1-3H3,(H,25,27). The number of rotatable bonds is 7. The van der Waals surface area contributed by atoms with Crippen LogP contribution in [-0.4, -0.2) is 28.0 Å². The van der Waals surface area contributed by atoms with Crippen molar-refractivity contribution in [2.24, 2.45) is 0 Å². The minimum atomic E-state index is -0.382. The molecule has 3 rings (SSSR count). The number of aryl methyl sites for hydroxylation is 1. The Morgan fingerprint density at radius 3 is 2.55 bits per heavy atom. The quantitative estimate of drug-likeness (QED) is 0.624. The molecule has 6 heteroatoms. The topological polar surface area (TPSA) is 73.2 Å². The molecule has 2 heterocycles. The van der Waals surface area contributed by atoms with Gasteiger partial charge >= 0.3 is 5.97 Å². The summed E-state index contributed by atoms with van der Waals surface area (Å²) in [4.78, 5) is 29.0. The maximum atomic E-state index is 12.6. The maximum Gasteiger partial charge on any atom is 0.339 e. The molecule has 0 bridgehead atoms. The first kappa shape index (κ1) is 20.3. The van der Waals surface area contributed by atoms with E-state index in [1.165, 1.54) is 0 Å². The van der Waals surface area contributed by atoms with Gasteiger partial charge in [-0.05, 0) is 44.0 Å². The zero-order chi connectivity index (χ0) is 20.8. The van der Waals surface area contributed by atoms with E-state index in [0.717, 1.165) is 22.4 Å². The van der Waals surface area contributed by atoms with Gasteiger partial charge in [-0.3, -0.25) is 9.78 Å². The van der Waals surface area contributed by atoms with Gasteiger partial charge in [0.05, 0.1) is 12.2 Å². The molecule has 0 spiro atoms. The first-order chi connectivity index (χ1) is 14.0. The fraction of sp³-hybridized carbons (Fsp3) is 0.261. The van der Waals surface area contributed by atoms with E-state index in [-0.39, 0.29) is 18.4 Å². The number of carbonyl (C=O) groups excluding carboxylic acids is 2. The fourth-order valence-corrected chi connectivity index (χ4v) is 3.13. The molecule has 3 aromatic rings. The second-order valence-electron chi connectivity index (χ2n) is 6.84. The van der Waals surface area contributed by atoms with Crippen molar-refractivity contribution in [2.45, 2.75) is 33.9 Å². The number of aromatic nitrogens is 2. The zero-order valence-corrected chi connectivity index (χ0v) is 16.9. The SMILES string of the molecule is CCOC(=O)c1cc(-c2ccc(C)cc2)n(CC(=O)NCc2cccnc2)c1C. The van der Waals surface area contributed by atoms with Crippen LogP contribution >= 0.6 is 0 Å². The largest absolute Gasteiger partial charge is 0.462 e. The van der Waals surface area contributed by atoms with Crippen LogP contribution in [0.25, 0.3) is 11.3 Å². The van der Waals surface area contributed by atoms with Crippen molar-refractivity contribution in [3.8, 4) is 11.3 Å². The van der Waals surface area contributed by atoms with Crippen molar-refractivity contribution in [3.05, 3.63) is 77.2 Å². The Hall–Kier alpha value is -3.41. The third-order valence-corrected chi connectivity index (χ3v) is 4.72. The number of benzene rings is 1. The summed E-state index contributed by atoms with van der Waals surface area (Å²) in [5.74, 6) is -0.524. The number of amides is 1. The lowest BCUT2D eigenvalue weighted by atomic mass is 10.1. The summed E-state index contributed by atoms with van der Waals surface area (Å²) in [7, 11) is 0. The number of pyridine rings is 1. The summed E-state index contributed by atoms with van der Waals surface area (Å²) in [6.07, 6.45) is 3.41. The van der Waals surface area contributed by atoms with Gasteiger partial charge in [-0.1, -0.05) is 35.9 Å². The Morgan fingerprint density at radius 2 is 1.90 bits per heavy atom. The predicted molar refractivity (Wildman–Crippen MR) is 111 cm³/mol. The molecule has 0 saturated heterocycles. The molecule has 0 radical (unpaired) electrons. The number of nitrogens with one attached hydrogen (secondary N) is 1. The molecule has 0 aliphatic heterocycles. The zero-order valence-electron chi connectivity index (χ0n) is 16.9. The normalized spacial score (nSPS) is 10.6. The van der Waals surface area contributed by atoms with Crippen LogP contribution in [-0.2, 0) is 22.6 Å². The Morgan fingerprint density at radius 1 is 1.14 bits per heavy atom. The Bertz CT molecular complexity index is 992. The molecule has 1 aromatic carbocycles. The van der Waals surface area contributed by atoms with Gasteiger partial charge in [0, 0.05) is 30.3 Å². The van der Waals surface area contributed by atoms with Crippen LogP contribution in [0.2, 0.25) is 0 Å². The van der Waals surface area contributed by atoms with Gasteiger partial charge in [-0.15, -0.1) is 0 Å². The summed E-state index contributed by atoms with van der Waals surface area (Å²) in [5, 5.41) is 2.91. The van der Waals surface area contributed by atoms with E-state index in [9.17, 15) is 9.59 Å². The third kappa shape index (κ3) is 4.90. The molecule has 0 unspecified atom stereocenters. The molecule has 150 valence electrons. The van der Waals surface area contributed by atoms with Crippen LogP contribution < -0.4 is 5.32 Å². The van der Waals surface area contributed by atoms with Crippen LogP contribution in [0.4, 0.5) is 0 Å². The van der Waals surface area contributed by atoms with Crippen LogP contribution in [0.1, 0.15) is 34.1 Å². The van der Waals surface area contributed by atoms with E-state index >= 15 is 0 Å². The van der Waals surface area contributed by atoms with E-state index in [2.05, 4.69) is 10.3 Å². The molecular weight excluding hydrogens is 366 g/mol. The van der Waals surface area contributed by atoms with E-state index < -0.39 is 0 Å². The molecule has 29 heavy (non-hydrogen) atoms.